The zero-order valence-electron chi connectivity index (χ0n) is 18.8. The lowest BCUT2D eigenvalue weighted by Crippen LogP contribution is -3.00. The van der Waals surface area contributed by atoms with E-state index in [2.05, 4.69) is 33.2 Å². The van der Waals surface area contributed by atoms with E-state index in [1.807, 2.05) is 25.1 Å². The molecular weight excluding hydrogens is 440 g/mol. The summed E-state index contributed by atoms with van der Waals surface area (Å²) >= 11 is 0. The minimum absolute atomic E-state index is 0. The third kappa shape index (κ3) is 8.04. The van der Waals surface area contributed by atoms with Crippen molar-refractivity contribution in [3.8, 4) is 5.75 Å². The molecule has 1 aromatic heterocycles. The molecular formula is C25H31ClN4O3. The maximum absolute atomic E-state index is 12.4. The summed E-state index contributed by atoms with van der Waals surface area (Å²) in [7, 11) is 0. The standard InChI is InChI=1S/C25H30N4O3.ClH/c1-17-22(14-11-18-6-3-2-4-7-18)29-25(32)23(28-17)8-5-15-27-24(31)21(26)16-19-9-12-20(30)13-10-19;/h2-4,6-7,9-10,12-13,21,30H,5,8,11,14-16,26H2,1H3,(H,27,31)(H,29,32);1H/t21-;/m0./s1. The van der Waals surface area contributed by atoms with Crippen molar-refractivity contribution in [2.45, 2.75) is 45.1 Å². The maximum atomic E-state index is 12.4. The van der Waals surface area contributed by atoms with Crippen LogP contribution < -0.4 is 29.0 Å². The number of halogens is 1. The first-order valence-corrected chi connectivity index (χ1v) is 10.9. The summed E-state index contributed by atoms with van der Waals surface area (Å²) in [4.78, 5) is 32.2. The normalized spacial score (nSPS) is 11.5. The van der Waals surface area contributed by atoms with Gasteiger partial charge in [0.25, 0.3) is 11.5 Å². The summed E-state index contributed by atoms with van der Waals surface area (Å²) < 4.78 is 0. The predicted molar refractivity (Wildman–Crippen MR) is 123 cm³/mol. The van der Waals surface area contributed by atoms with Gasteiger partial charge in [0.1, 0.15) is 11.4 Å². The Morgan fingerprint density at radius 3 is 2.45 bits per heavy atom. The van der Waals surface area contributed by atoms with Crippen molar-refractivity contribution in [2.24, 2.45) is 0 Å². The van der Waals surface area contributed by atoms with E-state index in [4.69, 9.17) is 0 Å². The van der Waals surface area contributed by atoms with Crippen LogP contribution in [-0.2, 0) is 30.5 Å². The molecule has 176 valence electrons. The van der Waals surface area contributed by atoms with Crippen LogP contribution >= 0.6 is 0 Å². The Hall–Kier alpha value is -3.16. The number of hydrogen-bond acceptors (Lipinski definition) is 4. The SMILES string of the molecule is Cc1nc(CCCNC(=O)[C@@H]([NH3+])Cc2ccc(O)cc2)c(=O)[nH]c1CCc1ccccc1.[Cl-]. The number of carbonyl (C=O) groups is 1. The van der Waals surface area contributed by atoms with Crippen LogP contribution in [0.25, 0.3) is 0 Å². The number of phenols is 1. The highest BCUT2D eigenvalue weighted by atomic mass is 35.5. The molecule has 6 N–H and O–H groups in total. The molecule has 0 unspecified atom stereocenters. The quantitative estimate of drug-likeness (QED) is 0.269. The lowest BCUT2D eigenvalue weighted by Gasteiger charge is -2.10. The lowest BCUT2D eigenvalue weighted by atomic mass is 10.1. The van der Waals surface area contributed by atoms with Crippen LogP contribution in [0, 0.1) is 6.92 Å². The number of aromatic amines is 1. The van der Waals surface area contributed by atoms with Crippen LogP contribution in [0.3, 0.4) is 0 Å². The minimum atomic E-state index is -0.424. The van der Waals surface area contributed by atoms with Crippen LogP contribution in [0.4, 0.5) is 0 Å². The van der Waals surface area contributed by atoms with Crippen molar-refractivity contribution in [2.75, 3.05) is 6.54 Å². The van der Waals surface area contributed by atoms with Crippen molar-refractivity contribution in [3.05, 3.63) is 93.2 Å². The van der Waals surface area contributed by atoms with Crippen molar-refractivity contribution < 1.29 is 28.0 Å². The molecule has 0 radical (unpaired) electrons. The Kier molecular flexibility index (Phi) is 10.1. The van der Waals surface area contributed by atoms with E-state index in [0.717, 1.165) is 29.8 Å². The first-order valence-electron chi connectivity index (χ1n) is 10.9. The summed E-state index contributed by atoms with van der Waals surface area (Å²) in [6, 6.07) is 16.5. The smallest absolute Gasteiger partial charge is 0.278 e. The number of nitrogens with zero attached hydrogens (tertiary/aromatic N) is 1. The van der Waals surface area contributed by atoms with E-state index >= 15 is 0 Å². The van der Waals surface area contributed by atoms with Gasteiger partial charge in [0.05, 0.1) is 5.69 Å². The topological polar surface area (TPSA) is 123 Å². The Bertz CT molecular complexity index is 1090. The number of phenolic OH excluding ortho intramolecular Hbond substituents is 1. The summed E-state index contributed by atoms with van der Waals surface area (Å²) in [6.45, 7) is 2.37. The van der Waals surface area contributed by atoms with Gasteiger partial charge in [0, 0.05) is 18.7 Å². The number of hydrogen-bond donors (Lipinski definition) is 4. The van der Waals surface area contributed by atoms with Gasteiger partial charge in [-0.1, -0.05) is 42.5 Å². The zero-order chi connectivity index (χ0) is 22.9. The highest BCUT2D eigenvalue weighted by Gasteiger charge is 2.17. The molecule has 33 heavy (non-hydrogen) atoms. The van der Waals surface area contributed by atoms with Gasteiger partial charge >= 0.3 is 0 Å². The average Bonchev–Trinajstić information content (AvgIpc) is 2.79. The van der Waals surface area contributed by atoms with E-state index in [0.29, 0.717) is 31.5 Å². The van der Waals surface area contributed by atoms with Crippen LogP contribution in [0.1, 0.15) is 34.6 Å². The number of aryl methyl sites for hydroxylation is 4. The number of nitrogens with one attached hydrogen (secondary N) is 2. The van der Waals surface area contributed by atoms with Crippen molar-refractivity contribution in [3.63, 3.8) is 0 Å². The first kappa shape index (κ1) is 26.1. The van der Waals surface area contributed by atoms with E-state index in [-0.39, 0.29) is 29.6 Å². The zero-order valence-corrected chi connectivity index (χ0v) is 19.6. The van der Waals surface area contributed by atoms with Gasteiger partial charge in [-0.05, 0) is 55.9 Å². The molecule has 1 amide bonds. The number of aromatic nitrogens is 2. The number of benzene rings is 2. The van der Waals surface area contributed by atoms with Crippen LogP contribution in [0.2, 0.25) is 0 Å². The van der Waals surface area contributed by atoms with Gasteiger partial charge in [-0.25, -0.2) is 0 Å². The van der Waals surface area contributed by atoms with E-state index in [1.165, 1.54) is 5.56 Å². The van der Waals surface area contributed by atoms with Crippen molar-refractivity contribution in [1.29, 1.82) is 0 Å². The fourth-order valence-electron chi connectivity index (χ4n) is 3.57. The van der Waals surface area contributed by atoms with Crippen molar-refractivity contribution in [1.82, 2.24) is 15.3 Å². The van der Waals surface area contributed by atoms with Crippen LogP contribution in [-0.4, -0.2) is 33.6 Å². The second-order valence-corrected chi connectivity index (χ2v) is 8.02. The molecule has 0 aliphatic carbocycles. The molecule has 0 fully saturated rings. The molecule has 0 aliphatic rings. The third-order valence-corrected chi connectivity index (χ3v) is 5.45. The van der Waals surface area contributed by atoms with Crippen LogP contribution in [0.15, 0.2) is 59.4 Å². The molecule has 8 heteroatoms. The number of carbonyl (C=O) groups excluding carboxylic acids is 1. The molecule has 0 spiro atoms. The number of rotatable bonds is 10. The molecule has 3 aromatic rings. The van der Waals surface area contributed by atoms with Gasteiger partial charge in [-0.3, -0.25) is 14.6 Å². The van der Waals surface area contributed by atoms with E-state index < -0.39 is 6.04 Å². The highest BCUT2D eigenvalue weighted by molar-refractivity contribution is 5.80. The number of H-pyrrole nitrogens is 1. The fourth-order valence-corrected chi connectivity index (χ4v) is 3.57. The molecule has 0 saturated carbocycles. The molecule has 2 aromatic carbocycles. The van der Waals surface area contributed by atoms with Gasteiger partial charge < -0.3 is 33.5 Å². The largest absolute Gasteiger partial charge is 1.00 e. The lowest BCUT2D eigenvalue weighted by molar-refractivity contribution is -0.403. The first-order chi connectivity index (χ1) is 15.4. The maximum Gasteiger partial charge on any atom is 0.278 e. The summed E-state index contributed by atoms with van der Waals surface area (Å²) in [6.07, 6.45) is 3.20. The van der Waals surface area contributed by atoms with Gasteiger partial charge in [0.15, 0.2) is 6.04 Å². The Morgan fingerprint density at radius 1 is 1.06 bits per heavy atom. The summed E-state index contributed by atoms with van der Waals surface area (Å²) in [5.74, 6) is 0.0641. The van der Waals surface area contributed by atoms with Gasteiger partial charge in [0.2, 0.25) is 0 Å². The molecule has 0 bridgehead atoms. The predicted octanol–water partition coefficient (Wildman–Crippen LogP) is -1.52. The van der Waals surface area contributed by atoms with Crippen LogP contribution in [0.5, 0.6) is 5.75 Å². The highest BCUT2D eigenvalue weighted by Crippen LogP contribution is 2.11. The Balaban J connectivity index is 0.00000385. The second kappa shape index (κ2) is 12.8. The van der Waals surface area contributed by atoms with E-state index in [9.17, 15) is 14.7 Å². The van der Waals surface area contributed by atoms with Gasteiger partial charge in [-0.15, -0.1) is 0 Å². The summed E-state index contributed by atoms with van der Waals surface area (Å²) in [5, 5.41) is 12.2. The number of quaternary nitrogens is 1. The Morgan fingerprint density at radius 2 is 1.76 bits per heavy atom. The number of amides is 1. The number of aromatic hydroxyl groups is 1. The fraction of sp³-hybridized carbons (Fsp3) is 0.320. The molecule has 0 saturated heterocycles. The molecule has 1 atom stereocenters. The average molecular weight is 471 g/mol. The van der Waals surface area contributed by atoms with E-state index in [1.54, 1.807) is 24.3 Å². The monoisotopic (exact) mass is 470 g/mol. The molecule has 0 aliphatic heterocycles. The Labute approximate surface area is 199 Å². The molecule has 3 rings (SSSR count). The van der Waals surface area contributed by atoms with Crippen molar-refractivity contribution >= 4 is 5.91 Å². The van der Waals surface area contributed by atoms with Gasteiger partial charge in [-0.2, -0.15) is 0 Å². The molecule has 1 heterocycles. The minimum Gasteiger partial charge on any atom is -1.00 e. The summed E-state index contributed by atoms with van der Waals surface area (Å²) in [5.41, 5.74) is 8.13. The third-order valence-electron chi connectivity index (χ3n) is 5.45. The second-order valence-electron chi connectivity index (χ2n) is 8.02. The molecule has 7 nitrogen and oxygen atoms in total.